The Kier molecular flexibility index (Phi) is 5.08. The first-order valence-electron chi connectivity index (χ1n) is 8.94. The van der Waals surface area contributed by atoms with Gasteiger partial charge in [0.15, 0.2) is 6.04 Å². The van der Waals surface area contributed by atoms with Crippen LogP contribution in [0.4, 0.5) is 13.2 Å². The first-order chi connectivity index (χ1) is 12.6. The third kappa shape index (κ3) is 3.74. The van der Waals surface area contributed by atoms with E-state index in [0.717, 1.165) is 11.4 Å². The number of hydrogen-bond donors (Lipinski definition) is 1. The summed E-state index contributed by atoms with van der Waals surface area (Å²) in [4.78, 5) is 12.1. The normalized spacial score (nSPS) is 18.5. The SMILES string of the molecule is CCCOc1cccc2c([C@H](N3CC(C)(C)C(=O)N3)C(F)(F)F)cccc12. The second-order valence-electron chi connectivity index (χ2n) is 7.44. The van der Waals surface area contributed by atoms with Gasteiger partial charge in [0.05, 0.1) is 12.0 Å². The molecular weight excluding hydrogens is 357 g/mol. The van der Waals surface area contributed by atoms with Crippen LogP contribution in [0, 0.1) is 5.41 Å². The van der Waals surface area contributed by atoms with E-state index in [2.05, 4.69) is 5.43 Å². The number of hydrogen-bond acceptors (Lipinski definition) is 3. The van der Waals surface area contributed by atoms with Gasteiger partial charge >= 0.3 is 6.18 Å². The lowest BCUT2D eigenvalue weighted by atomic mass is 9.93. The highest BCUT2D eigenvalue weighted by atomic mass is 19.4. The Morgan fingerprint density at radius 2 is 1.85 bits per heavy atom. The van der Waals surface area contributed by atoms with Gasteiger partial charge in [-0.3, -0.25) is 10.2 Å². The third-order valence-corrected chi connectivity index (χ3v) is 4.72. The molecule has 3 rings (SSSR count). The van der Waals surface area contributed by atoms with Crippen LogP contribution >= 0.6 is 0 Å². The molecule has 0 aromatic heterocycles. The van der Waals surface area contributed by atoms with Gasteiger partial charge in [-0.15, -0.1) is 0 Å². The van der Waals surface area contributed by atoms with Gasteiger partial charge in [0.2, 0.25) is 5.91 Å². The molecule has 2 aromatic rings. The topological polar surface area (TPSA) is 41.6 Å². The van der Waals surface area contributed by atoms with Crippen molar-refractivity contribution < 1.29 is 22.7 Å². The fraction of sp³-hybridized carbons (Fsp3) is 0.450. The standard InChI is InChI=1S/C20H23F3N2O2/c1-4-11-27-16-10-6-7-13-14(16)8-5-9-15(13)17(20(21,22)23)25-12-19(2,3)18(26)24-25/h5-10,17H,4,11-12H2,1-3H3,(H,24,26)/t17-/m0/s1. The summed E-state index contributed by atoms with van der Waals surface area (Å²) >= 11 is 0. The van der Waals surface area contributed by atoms with Crippen LogP contribution in [0.3, 0.4) is 0 Å². The summed E-state index contributed by atoms with van der Waals surface area (Å²) in [5.74, 6) is 0.145. The summed E-state index contributed by atoms with van der Waals surface area (Å²) < 4.78 is 47.8. The molecule has 7 heteroatoms. The Morgan fingerprint density at radius 1 is 1.19 bits per heavy atom. The molecule has 1 atom stereocenters. The number of carbonyl (C=O) groups excluding carboxylic acids is 1. The molecule has 2 aromatic carbocycles. The maximum Gasteiger partial charge on any atom is 0.409 e. The number of benzene rings is 2. The predicted octanol–water partition coefficient (Wildman–Crippen LogP) is 4.61. The van der Waals surface area contributed by atoms with E-state index in [0.29, 0.717) is 23.1 Å². The minimum absolute atomic E-state index is 0.0293. The average molecular weight is 380 g/mol. The number of ether oxygens (including phenoxy) is 1. The molecule has 146 valence electrons. The Bertz CT molecular complexity index is 849. The maximum atomic E-state index is 14.0. The smallest absolute Gasteiger partial charge is 0.409 e. The molecule has 0 saturated carbocycles. The van der Waals surface area contributed by atoms with Gasteiger partial charge in [0, 0.05) is 11.9 Å². The second-order valence-corrected chi connectivity index (χ2v) is 7.44. The number of nitrogens with one attached hydrogen (secondary N) is 1. The number of rotatable bonds is 5. The van der Waals surface area contributed by atoms with Crippen LogP contribution < -0.4 is 10.2 Å². The quantitative estimate of drug-likeness (QED) is 0.824. The molecule has 1 fully saturated rings. The molecule has 0 spiro atoms. The zero-order valence-corrected chi connectivity index (χ0v) is 15.6. The van der Waals surface area contributed by atoms with Crippen LogP contribution in [0.2, 0.25) is 0 Å². The lowest BCUT2D eigenvalue weighted by molar-refractivity contribution is -0.191. The molecular formula is C20H23F3N2O2. The molecule has 0 bridgehead atoms. The zero-order valence-electron chi connectivity index (χ0n) is 15.6. The summed E-state index contributed by atoms with van der Waals surface area (Å²) in [7, 11) is 0. The van der Waals surface area contributed by atoms with Crippen molar-refractivity contribution in [3.63, 3.8) is 0 Å². The minimum atomic E-state index is -4.55. The summed E-state index contributed by atoms with van der Waals surface area (Å²) in [5.41, 5.74) is 1.62. The van der Waals surface area contributed by atoms with Gasteiger partial charge in [0.25, 0.3) is 0 Å². The van der Waals surface area contributed by atoms with Gasteiger partial charge in [-0.2, -0.15) is 13.2 Å². The molecule has 0 unspecified atom stereocenters. The van der Waals surface area contributed by atoms with Gasteiger partial charge < -0.3 is 4.74 Å². The van der Waals surface area contributed by atoms with E-state index < -0.39 is 23.5 Å². The van der Waals surface area contributed by atoms with E-state index >= 15 is 0 Å². The van der Waals surface area contributed by atoms with Crippen molar-refractivity contribution in [3.8, 4) is 5.75 Å². The largest absolute Gasteiger partial charge is 0.493 e. The van der Waals surface area contributed by atoms with Crippen LogP contribution in [-0.2, 0) is 4.79 Å². The molecule has 0 radical (unpaired) electrons. The predicted molar refractivity (Wildman–Crippen MR) is 97.2 cm³/mol. The van der Waals surface area contributed by atoms with Gasteiger partial charge in [-0.05, 0) is 37.3 Å². The maximum absolute atomic E-state index is 14.0. The van der Waals surface area contributed by atoms with Crippen molar-refractivity contribution in [2.45, 2.75) is 39.4 Å². The van der Waals surface area contributed by atoms with Crippen LogP contribution in [0.15, 0.2) is 36.4 Å². The van der Waals surface area contributed by atoms with Crippen LogP contribution in [0.5, 0.6) is 5.75 Å². The molecule has 4 nitrogen and oxygen atoms in total. The molecule has 1 aliphatic heterocycles. The fourth-order valence-electron chi connectivity index (χ4n) is 3.38. The summed E-state index contributed by atoms with van der Waals surface area (Å²) in [6.07, 6.45) is -3.75. The van der Waals surface area contributed by atoms with E-state index in [1.807, 2.05) is 6.92 Å². The lowest BCUT2D eigenvalue weighted by Gasteiger charge is -2.30. The number of amides is 1. The number of hydrazine groups is 1. The van der Waals surface area contributed by atoms with Crippen molar-refractivity contribution in [1.82, 2.24) is 10.4 Å². The van der Waals surface area contributed by atoms with E-state index in [-0.39, 0.29) is 12.1 Å². The molecule has 1 heterocycles. The Morgan fingerprint density at radius 3 is 2.44 bits per heavy atom. The van der Waals surface area contributed by atoms with Crippen molar-refractivity contribution in [2.24, 2.45) is 5.41 Å². The van der Waals surface area contributed by atoms with E-state index in [1.165, 1.54) is 6.07 Å². The Labute approximate surface area is 156 Å². The monoisotopic (exact) mass is 380 g/mol. The summed E-state index contributed by atoms with van der Waals surface area (Å²) in [6, 6.07) is 7.98. The van der Waals surface area contributed by atoms with Gasteiger partial charge in [0.1, 0.15) is 5.75 Å². The highest BCUT2D eigenvalue weighted by Gasteiger charge is 2.51. The minimum Gasteiger partial charge on any atom is -0.493 e. The zero-order chi connectivity index (χ0) is 19.8. The summed E-state index contributed by atoms with van der Waals surface area (Å²) in [6.45, 7) is 5.69. The van der Waals surface area contributed by atoms with Crippen molar-refractivity contribution in [3.05, 3.63) is 42.0 Å². The van der Waals surface area contributed by atoms with Crippen molar-refractivity contribution in [1.29, 1.82) is 0 Å². The molecule has 27 heavy (non-hydrogen) atoms. The molecule has 1 aliphatic rings. The van der Waals surface area contributed by atoms with E-state index in [1.54, 1.807) is 44.2 Å². The highest BCUT2D eigenvalue weighted by Crippen LogP contribution is 2.43. The molecule has 1 saturated heterocycles. The second kappa shape index (κ2) is 7.03. The number of fused-ring (bicyclic) bond motifs is 1. The van der Waals surface area contributed by atoms with Gasteiger partial charge in [-0.25, -0.2) is 5.01 Å². The number of halogens is 3. The third-order valence-electron chi connectivity index (χ3n) is 4.72. The first kappa shape index (κ1) is 19.5. The lowest BCUT2D eigenvalue weighted by Crippen LogP contribution is -2.43. The number of alkyl halides is 3. The van der Waals surface area contributed by atoms with Crippen molar-refractivity contribution in [2.75, 3.05) is 13.2 Å². The molecule has 1 amide bonds. The van der Waals surface area contributed by atoms with Crippen molar-refractivity contribution >= 4 is 16.7 Å². The summed E-state index contributed by atoms with van der Waals surface area (Å²) in [5, 5.41) is 2.09. The Balaban J connectivity index is 2.11. The molecule has 1 N–H and O–H groups in total. The van der Waals surface area contributed by atoms with Gasteiger partial charge in [-0.1, -0.05) is 37.3 Å². The number of nitrogens with zero attached hydrogens (tertiary/aromatic N) is 1. The van der Waals surface area contributed by atoms with E-state index in [4.69, 9.17) is 4.74 Å². The van der Waals surface area contributed by atoms with Crippen LogP contribution in [0.1, 0.15) is 38.8 Å². The van der Waals surface area contributed by atoms with Crippen LogP contribution in [-0.4, -0.2) is 30.2 Å². The highest BCUT2D eigenvalue weighted by molar-refractivity contribution is 5.91. The van der Waals surface area contributed by atoms with E-state index in [9.17, 15) is 18.0 Å². The van der Waals surface area contributed by atoms with Crippen LogP contribution in [0.25, 0.3) is 10.8 Å². The molecule has 0 aliphatic carbocycles. The fourth-order valence-corrected chi connectivity index (χ4v) is 3.38. The average Bonchev–Trinajstić information content (AvgIpc) is 2.84. The first-order valence-corrected chi connectivity index (χ1v) is 8.94. The number of carbonyl (C=O) groups is 1. The Hall–Kier alpha value is -2.28.